The van der Waals surface area contributed by atoms with Crippen molar-refractivity contribution in [2.24, 2.45) is 11.1 Å². The Hall–Kier alpha value is -1.22. The van der Waals surface area contributed by atoms with E-state index in [1.807, 2.05) is 18.2 Å². The molecule has 2 N–H and O–H groups in total. The lowest BCUT2D eigenvalue weighted by Gasteiger charge is -2.18. The molecule has 1 aliphatic rings. The second-order valence-electron chi connectivity index (χ2n) is 5.78. The maximum Gasteiger partial charge on any atom is 0.127 e. The van der Waals surface area contributed by atoms with E-state index < -0.39 is 0 Å². The zero-order valence-electron chi connectivity index (χ0n) is 10.8. The van der Waals surface area contributed by atoms with E-state index in [9.17, 15) is 0 Å². The predicted molar refractivity (Wildman–Crippen MR) is 68.4 cm³/mol. The molecule has 1 aromatic rings. The summed E-state index contributed by atoms with van der Waals surface area (Å²) < 4.78 is 11.2. The quantitative estimate of drug-likeness (QED) is 0.876. The SMILES string of the molecule is CC(C)(C)CCOc1ccc2c(c1)OCC2N. The van der Waals surface area contributed by atoms with Crippen molar-refractivity contribution in [3.8, 4) is 11.5 Å². The minimum Gasteiger partial charge on any atom is -0.493 e. The Bertz CT molecular complexity index is 396. The molecular weight excluding hydrogens is 214 g/mol. The largest absolute Gasteiger partial charge is 0.493 e. The van der Waals surface area contributed by atoms with Crippen LogP contribution in [-0.4, -0.2) is 13.2 Å². The third-order valence-electron chi connectivity index (χ3n) is 2.92. The van der Waals surface area contributed by atoms with Crippen molar-refractivity contribution < 1.29 is 9.47 Å². The van der Waals surface area contributed by atoms with E-state index in [1.54, 1.807) is 0 Å². The minimum atomic E-state index is 0.00799. The highest BCUT2D eigenvalue weighted by atomic mass is 16.5. The molecule has 0 radical (unpaired) electrons. The number of hydrogen-bond acceptors (Lipinski definition) is 3. The monoisotopic (exact) mass is 235 g/mol. The van der Waals surface area contributed by atoms with Crippen LogP contribution in [0.4, 0.5) is 0 Å². The summed E-state index contributed by atoms with van der Waals surface area (Å²) in [5.74, 6) is 1.73. The van der Waals surface area contributed by atoms with Crippen LogP contribution in [0.15, 0.2) is 18.2 Å². The van der Waals surface area contributed by atoms with Gasteiger partial charge < -0.3 is 15.2 Å². The van der Waals surface area contributed by atoms with E-state index in [-0.39, 0.29) is 6.04 Å². The Balaban J connectivity index is 1.95. The van der Waals surface area contributed by atoms with Crippen molar-refractivity contribution in [2.45, 2.75) is 33.2 Å². The first-order valence-corrected chi connectivity index (χ1v) is 6.11. The van der Waals surface area contributed by atoms with Crippen LogP contribution in [0, 0.1) is 5.41 Å². The maximum atomic E-state index is 5.89. The van der Waals surface area contributed by atoms with Gasteiger partial charge in [0, 0.05) is 11.6 Å². The molecule has 0 saturated heterocycles. The molecule has 1 atom stereocenters. The van der Waals surface area contributed by atoms with Gasteiger partial charge in [0.2, 0.25) is 0 Å². The molecule has 0 amide bonds. The number of nitrogens with two attached hydrogens (primary N) is 1. The molecule has 0 saturated carbocycles. The van der Waals surface area contributed by atoms with E-state index in [0.29, 0.717) is 12.0 Å². The van der Waals surface area contributed by atoms with Gasteiger partial charge in [-0.25, -0.2) is 0 Å². The molecule has 0 spiro atoms. The molecule has 17 heavy (non-hydrogen) atoms. The summed E-state index contributed by atoms with van der Waals surface area (Å²) in [5, 5.41) is 0. The lowest BCUT2D eigenvalue weighted by atomic mass is 9.93. The fourth-order valence-electron chi connectivity index (χ4n) is 1.78. The van der Waals surface area contributed by atoms with Gasteiger partial charge in [-0.1, -0.05) is 20.8 Å². The summed E-state index contributed by atoms with van der Waals surface area (Å²) in [6.07, 6.45) is 1.03. The molecule has 1 unspecified atom stereocenters. The third-order valence-corrected chi connectivity index (χ3v) is 2.92. The van der Waals surface area contributed by atoms with Gasteiger partial charge >= 0.3 is 0 Å². The van der Waals surface area contributed by atoms with Gasteiger partial charge in [0.15, 0.2) is 0 Å². The van der Waals surface area contributed by atoms with E-state index in [4.69, 9.17) is 15.2 Å². The highest BCUT2D eigenvalue weighted by Gasteiger charge is 2.20. The average molecular weight is 235 g/mol. The molecular formula is C14H21NO2. The van der Waals surface area contributed by atoms with Gasteiger partial charge in [-0.3, -0.25) is 0 Å². The standard InChI is InChI=1S/C14H21NO2/c1-14(2,3)6-7-16-10-4-5-11-12(15)9-17-13(11)8-10/h4-5,8,12H,6-7,9,15H2,1-3H3. The molecule has 3 heteroatoms. The second-order valence-corrected chi connectivity index (χ2v) is 5.78. The number of ether oxygens (including phenoxy) is 2. The Morgan fingerprint density at radius 2 is 2.18 bits per heavy atom. The topological polar surface area (TPSA) is 44.5 Å². The summed E-state index contributed by atoms with van der Waals surface area (Å²) in [4.78, 5) is 0. The predicted octanol–water partition coefficient (Wildman–Crippen LogP) is 2.89. The number of rotatable bonds is 3. The summed E-state index contributed by atoms with van der Waals surface area (Å²) in [6.45, 7) is 7.93. The fraction of sp³-hybridized carbons (Fsp3) is 0.571. The minimum absolute atomic E-state index is 0.00799. The van der Waals surface area contributed by atoms with Crippen molar-refractivity contribution in [1.82, 2.24) is 0 Å². The Kier molecular flexibility index (Phi) is 3.29. The molecule has 1 heterocycles. The highest BCUT2D eigenvalue weighted by molar-refractivity contribution is 5.44. The Morgan fingerprint density at radius 1 is 1.41 bits per heavy atom. The highest BCUT2D eigenvalue weighted by Crippen LogP contribution is 2.34. The van der Waals surface area contributed by atoms with E-state index in [0.717, 1.165) is 30.1 Å². The first-order valence-electron chi connectivity index (χ1n) is 6.11. The van der Waals surface area contributed by atoms with Crippen molar-refractivity contribution >= 4 is 0 Å². The molecule has 0 aromatic heterocycles. The van der Waals surface area contributed by atoms with Crippen LogP contribution in [-0.2, 0) is 0 Å². The van der Waals surface area contributed by atoms with Crippen LogP contribution >= 0.6 is 0 Å². The van der Waals surface area contributed by atoms with E-state index in [1.165, 1.54) is 0 Å². The van der Waals surface area contributed by atoms with Crippen LogP contribution in [0.25, 0.3) is 0 Å². The van der Waals surface area contributed by atoms with Crippen LogP contribution in [0.1, 0.15) is 38.8 Å². The van der Waals surface area contributed by atoms with Gasteiger partial charge in [-0.15, -0.1) is 0 Å². The van der Waals surface area contributed by atoms with Crippen LogP contribution < -0.4 is 15.2 Å². The van der Waals surface area contributed by atoms with Crippen molar-refractivity contribution in [3.05, 3.63) is 23.8 Å². The average Bonchev–Trinajstić information content (AvgIpc) is 2.58. The molecule has 0 bridgehead atoms. The maximum absolute atomic E-state index is 5.89. The molecule has 1 aliphatic heterocycles. The normalized spacial score (nSPS) is 18.7. The summed E-state index contributed by atoms with van der Waals surface area (Å²) in [7, 11) is 0. The number of fused-ring (bicyclic) bond motifs is 1. The smallest absolute Gasteiger partial charge is 0.127 e. The second kappa shape index (κ2) is 4.57. The first-order chi connectivity index (χ1) is 7.96. The Morgan fingerprint density at radius 3 is 2.88 bits per heavy atom. The van der Waals surface area contributed by atoms with Gasteiger partial charge in [0.1, 0.15) is 18.1 Å². The van der Waals surface area contributed by atoms with Crippen LogP contribution in [0.2, 0.25) is 0 Å². The molecule has 94 valence electrons. The summed E-state index contributed by atoms with van der Waals surface area (Å²) >= 11 is 0. The van der Waals surface area contributed by atoms with Gasteiger partial charge in [-0.2, -0.15) is 0 Å². The molecule has 0 fully saturated rings. The summed E-state index contributed by atoms with van der Waals surface area (Å²) in [6, 6.07) is 5.91. The van der Waals surface area contributed by atoms with Gasteiger partial charge in [0.25, 0.3) is 0 Å². The Labute approximate surface area is 103 Å². The molecule has 1 aromatic carbocycles. The lowest BCUT2D eigenvalue weighted by Crippen LogP contribution is -2.11. The van der Waals surface area contributed by atoms with E-state index in [2.05, 4.69) is 20.8 Å². The first kappa shape index (κ1) is 12.2. The van der Waals surface area contributed by atoms with Crippen LogP contribution in [0.3, 0.4) is 0 Å². The zero-order chi connectivity index (χ0) is 12.5. The summed E-state index contributed by atoms with van der Waals surface area (Å²) in [5.41, 5.74) is 7.27. The van der Waals surface area contributed by atoms with Crippen LogP contribution in [0.5, 0.6) is 11.5 Å². The van der Waals surface area contributed by atoms with Crippen molar-refractivity contribution in [3.63, 3.8) is 0 Å². The molecule has 3 nitrogen and oxygen atoms in total. The zero-order valence-corrected chi connectivity index (χ0v) is 10.8. The molecule has 2 rings (SSSR count). The number of hydrogen-bond donors (Lipinski definition) is 1. The lowest BCUT2D eigenvalue weighted by molar-refractivity contribution is 0.242. The molecule has 0 aliphatic carbocycles. The van der Waals surface area contributed by atoms with Crippen molar-refractivity contribution in [1.29, 1.82) is 0 Å². The van der Waals surface area contributed by atoms with Gasteiger partial charge in [-0.05, 0) is 24.0 Å². The number of benzene rings is 1. The third kappa shape index (κ3) is 3.13. The fourth-order valence-corrected chi connectivity index (χ4v) is 1.78. The van der Waals surface area contributed by atoms with Crippen molar-refractivity contribution in [2.75, 3.05) is 13.2 Å². The van der Waals surface area contributed by atoms with E-state index >= 15 is 0 Å². The van der Waals surface area contributed by atoms with Gasteiger partial charge in [0.05, 0.1) is 12.6 Å².